The number of hydrogen-bond donors (Lipinski definition) is 0. The molecule has 0 aliphatic rings. The molecule has 0 aromatic rings. The van der Waals surface area contributed by atoms with Crippen molar-refractivity contribution < 1.29 is 21.9 Å². The van der Waals surface area contributed by atoms with Crippen LogP contribution < -0.4 is 0 Å². The van der Waals surface area contributed by atoms with Crippen molar-refractivity contribution in [3.8, 4) is 0 Å². The van der Waals surface area contributed by atoms with Crippen LogP contribution in [0.4, 0.5) is 0 Å². The van der Waals surface area contributed by atoms with Crippen LogP contribution in [0.25, 0.3) is 0 Å². The Balaban J connectivity index is 0. The summed E-state index contributed by atoms with van der Waals surface area (Å²) in [5.41, 5.74) is 0. The molecule has 0 aliphatic carbocycles. The molecule has 1 radical (unpaired) electrons. The number of carbonyl (C=O) groups is 1. The standard InChI is InChI=1S/C3H7NO.Cu/c1-4(2)3-5;/h3H,1-2H3;. The molecule has 0 aromatic carbocycles. The summed E-state index contributed by atoms with van der Waals surface area (Å²) in [5, 5.41) is 0. The molecule has 0 bridgehead atoms. The molecule has 0 N–H and O–H groups in total. The maximum atomic E-state index is 9.43. The monoisotopic (exact) mass is 136 g/mol. The molecule has 41 valence electrons. The van der Waals surface area contributed by atoms with Gasteiger partial charge in [0.1, 0.15) is 0 Å². The van der Waals surface area contributed by atoms with Crippen molar-refractivity contribution in [1.82, 2.24) is 4.90 Å². The van der Waals surface area contributed by atoms with Crippen LogP contribution in [0.15, 0.2) is 0 Å². The van der Waals surface area contributed by atoms with Crippen molar-refractivity contribution in [2.24, 2.45) is 0 Å². The smallest absolute Gasteiger partial charge is 0.209 e. The van der Waals surface area contributed by atoms with Crippen molar-refractivity contribution in [3.05, 3.63) is 0 Å². The molecular formula is C3H7CuNO. The molecule has 0 atom stereocenters. The predicted molar refractivity (Wildman–Crippen MR) is 19.8 cm³/mol. The summed E-state index contributed by atoms with van der Waals surface area (Å²) in [6.07, 6.45) is 0.750. The minimum atomic E-state index is 0. The first kappa shape index (κ1) is 9.37. The van der Waals surface area contributed by atoms with E-state index in [4.69, 9.17) is 0 Å². The molecule has 0 fully saturated rings. The van der Waals surface area contributed by atoms with Gasteiger partial charge in [-0.25, -0.2) is 0 Å². The van der Waals surface area contributed by atoms with E-state index in [0.29, 0.717) is 0 Å². The van der Waals surface area contributed by atoms with Gasteiger partial charge < -0.3 is 4.90 Å². The van der Waals surface area contributed by atoms with Gasteiger partial charge >= 0.3 is 0 Å². The minimum Gasteiger partial charge on any atom is -0.351 e. The quantitative estimate of drug-likeness (QED) is 0.358. The summed E-state index contributed by atoms with van der Waals surface area (Å²) >= 11 is 0. The van der Waals surface area contributed by atoms with Crippen LogP contribution in [0.1, 0.15) is 0 Å². The van der Waals surface area contributed by atoms with Crippen LogP contribution >= 0.6 is 0 Å². The van der Waals surface area contributed by atoms with Crippen molar-refractivity contribution in [1.29, 1.82) is 0 Å². The van der Waals surface area contributed by atoms with Crippen molar-refractivity contribution in [2.75, 3.05) is 14.1 Å². The molecule has 0 saturated carbocycles. The zero-order valence-corrected chi connectivity index (χ0v) is 4.68. The Morgan fingerprint density at radius 2 is 1.67 bits per heavy atom. The van der Waals surface area contributed by atoms with Gasteiger partial charge in [-0.05, 0) is 0 Å². The first-order valence-electron chi connectivity index (χ1n) is 1.39. The largest absolute Gasteiger partial charge is 0.351 e. The number of carbonyl (C=O) groups excluding carboxylic acids is 1. The van der Waals surface area contributed by atoms with Crippen LogP contribution in [-0.2, 0) is 21.9 Å². The second-order valence-corrected chi connectivity index (χ2v) is 1.07. The van der Waals surface area contributed by atoms with E-state index < -0.39 is 0 Å². The second-order valence-electron chi connectivity index (χ2n) is 1.07. The van der Waals surface area contributed by atoms with Gasteiger partial charge in [-0.15, -0.1) is 0 Å². The molecular weight excluding hydrogens is 130 g/mol. The third-order valence-electron chi connectivity index (χ3n) is 0.211. The van der Waals surface area contributed by atoms with Gasteiger partial charge in [-0.2, -0.15) is 0 Å². The number of hydrogen-bond acceptors (Lipinski definition) is 1. The zero-order valence-electron chi connectivity index (χ0n) is 3.73. The molecule has 0 aliphatic heterocycles. The van der Waals surface area contributed by atoms with Crippen molar-refractivity contribution in [3.63, 3.8) is 0 Å². The van der Waals surface area contributed by atoms with E-state index in [-0.39, 0.29) is 17.1 Å². The Labute approximate surface area is 48.0 Å². The van der Waals surface area contributed by atoms with Gasteiger partial charge in [0.2, 0.25) is 6.41 Å². The van der Waals surface area contributed by atoms with E-state index in [1.165, 1.54) is 4.90 Å². The number of rotatable bonds is 1. The van der Waals surface area contributed by atoms with E-state index in [9.17, 15) is 4.79 Å². The van der Waals surface area contributed by atoms with Gasteiger partial charge in [-0.1, -0.05) is 0 Å². The van der Waals surface area contributed by atoms with Gasteiger partial charge in [0.05, 0.1) is 0 Å². The predicted octanol–water partition coefficient (Wildman–Crippen LogP) is -0.298. The first-order chi connectivity index (χ1) is 2.27. The second kappa shape index (κ2) is 4.99. The van der Waals surface area contributed by atoms with Gasteiger partial charge in [0.25, 0.3) is 0 Å². The van der Waals surface area contributed by atoms with Crippen LogP contribution in [0.5, 0.6) is 0 Å². The molecule has 0 spiro atoms. The van der Waals surface area contributed by atoms with Crippen LogP contribution in [0.3, 0.4) is 0 Å². The summed E-state index contributed by atoms with van der Waals surface area (Å²) in [6, 6.07) is 0. The molecule has 2 nitrogen and oxygen atoms in total. The molecule has 0 aromatic heterocycles. The Hall–Kier alpha value is -0.0105. The molecule has 0 unspecified atom stereocenters. The van der Waals surface area contributed by atoms with E-state index in [1.807, 2.05) is 0 Å². The summed E-state index contributed by atoms with van der Waals surface area (Å²) < 4.78 is 0. The Morgan fingerprint density at radius 3 is 1.67 bits per heavy atom. The fourth-order valence-corrected chi connectivity index (χ4v) is 0. The van der Waals surface area contributed by atoms with E-state index in [1.54, 1.807) is 14.1 Å². The van der Waals surface area contributed by atoms with Gasteiger partial charge in [0.15, 0.2) is 0 Å². The third kappa shape index (κ3) is 9.01. The summed E-state index contributed by atoms with van der Waals surface area (Å²) in [5.74, 6) is 0. The number of amides is 1. The van der Waals surface area contributed by atoms with Gasteiger partial charge in [0, 0.05) is 31.2 Å². The van der Waals surface area contributed by atoms with E-state index >= 15 is 0 Å². The van der Waals surface area contributed by atoms with E-state index in [0.717, 1.165) is 6.41 Å². The Morgan fingerprint density at radius 1 is 1.50 bits per heavy atom. The molecule has 0 heterocycles. The summed E-state index contributed by atoms with van der Waals surface area (Å²) in [6.45, 7) is 0. The SMILES string of the molecule is CN(C)C=O.[Cu]. The normalized spacial score (nSPS) is 5.67. The molecule has 6 heavy (non-hydrogen) atoms. The minimum absolute atomic E-state index is 0. The topological polar surface area (TPSA) is 20.3 Å². The van der Waals surface area contributed by atoms with Crippen LogP contribution in [0, 0.1) is 0 Å². The summed E-state index contributed by atoms with van der Waals surface area (Å²) in [4.78, 5) is 10.9. The summed E-state index contributed by atoms with van der Waals surface area (Å²) in [7, 11) is 3.38. The van der Waals surface area contributed by atoms with Crippen LogP contribution in [0.2, 0.25) is 0 Å². The maximum absolute atomic E-state index is 9.43. The maximum Gasteiger partial charge on any atom is 0.209 e. The average Bonchev–Trinajstić information content (AvgIpc) is 1.38. The average molecular weight is 137 g/mol. The number of nitrogens with zero attached hydrogens (tertiary/aromatic N) is 1. The van der Waals surface area contributed by atoms with Crippen molar-refractivity contribution in [2.45, 2.75) is 0 Å². The Kier molecular flexibility index (Phi) is 7.79. The molecule has 1 amide bonds. The fourth-order valence-electron chi connectivity index (χ4n) is 0. The van der Waals surface area contributed by atoms with Gasteiger partial charge in [-0.3, -0.25) is 4.79 Å². The van der Waals surface area contributed by atoms with E-state index in [2.05, 4.69) is 0 Å². The molecule has 3 heteroatoms. The molecule has 0 saturated heterocycles. The first-order valence-corrected chi connectivity index (χ1v) is 1.39. The zero-order chi connectivity index (χ0) is 4.28. The molecule has 0 rings (SSSR count). The Bertz CT molecular complexity index is 37.8. The fraction of sp³-hybridized carbons (Fsp3) is 0.667. The third-order valence-corrected chi connectivity index (χ3v) is 0.211. The van der Waals surface area contributed by atoms with Crippen molar-refractivity contribution >= 4 is 6.41 Å². The van der Waals surface area contributed by atoms with Crippen LogP contribution in [-0.4, -0.2) is 25.4 Å².